The van der Waals surface area contributed by atoms with Crippen LogP contribution >= 0.6 is 0 Å². The van der Waals surface area contributed by atoms with Crippen molar-refractivity contribution in [1.82, 2.24) is 9.55 Å². The SMILES string of the molecule is C=CCn1cc(C(N)=O)c2cc(NS(=O)(=O)CC)cnc21. The van der Waals surface area contributed by atoms with Gasteiger partial charge in [0, 0.05) is 18.1 Å². The lowest BCUT2D eigenvalue weighted by atomic mass is 10.2. The van der Waals surface area contributed by atoms with E-state index in [-0.39, 0.29) is 11.3 Å². The number of pyridine rings is 1. The number of carbonyl (C=O) groups is 1. The van der Waals surface area contributed by atoms with Crippen LogP contribution in [0.15, 0.2) is 31.1 Å². The predicted octanol–water partition coefficient (Wildman–Crippen LogP) is 1.08. The third-order valence-corrected chi connectivity index (χ3v) is 4.27. The summed E-state index contributed by atoms with van der Waals surface area (Å²) in [5, 5.41) is 0.501. The molecular weight excluding hydrogens is 292 g/mol. The van der Waals surface area contributed by atoms with Crippen molar-refractivity contribution in [3.8, 4) is 0 Å². The Hall–Kier alpha value is -2.35. The molecule has 0 aromatic carbocycles. The van der Waals surface area contributed by atoms with Gasteiger partial charge in [-0.25, -0.2) is 13.4 Å². The first-order valence-corrected chi connectivity index (χ1v) is 7.93. The van der Waals surface area contributed by atoms with Crippen molar-refractivity contribution in [2.45, 2.75) is 13.5 Å². The fourth-order valence-electron chi connectivity index (χ4n) is 1.95. The molecule has 0 radical (unpaired) electrons. The highest BCUT2D eigenvalue weighted by molar-refractivity contribution is 7.92. The molecule has 7 nitrogen and oxygen atoms in total. The zero-order valence-corrected chi connectivity index (χ0v) is 12.4. The van der Waals surface area contributed by atoms with Crippen molar-refractivity contribution >= 4 is 32.7 Å². The first kappa shape index (κ1) is 15.0. The minimum atomic E-state index is -3.41. The number of carbonyl (C=O) groups excluding carboxylic acids is 1. The highest BCUT2D eigenvalue weighted by Crippen LogP contribution is 2.23. The molecule has 0 bridgehead atoms. The number of fused-ring (bicyclic) bond motifs is 1. The number of sulfonamides is 1. The number of nitrogens with zero attached hydrogens (tertiary/aromatic N) is 2. The molecule has 0 unspecified atom stereocenters. The largest absolute Gasteiger partial charge is 0.366 e. The van der Waals surface area contributed by atoms with Crippen LogP contribution in [0.25, 0.3) is 11.0 Å². The summed E-state index contributed by atoms with van der Waals surface area (Å²) in [4.78, 5) is 15.7. The molecule has 2 heterocycles. The van der Waals surface area contributed by atoms with E-state index in [1.807, 2.05) is 0 Å². The van der Waals surface area contributed by atoms with Crippen LogP contribution in [-0.2, 0) is 16.6 Å². The van der Waals surface area contributed by atoms with E-state index in [1.54, 1.807) is 22.9 Å². The van der Waals surface area contributed by atoms with Gasteiger partial charge >= 0.3 is 0 Å². The molecule has 2 aromatic rings. The minimum Gasteiger partial charge on any atom is -0.366 e. The van der Waals surface area contributed by atoms with Gasteiger partial charge in [-0.2, -0.15) is 0 Å². The van der Waals surface area contributed by atoms with Crippen LogP contribution in [-0.4, -0.2) is 29.6 Å². The molecule has 0 fully saturated rings. The van der Waals surface area contributed by atoms with Crippen molar-refractivity contribution < 1.29 is 13.2 Å². The monoisotopic (exact) mass is 308 g/mol. The molecule has 2 aromatic heterocycles. The van der Waals surface area contributed by atoms with Gasteiger partial charge in [0.1, 0.15) is 5.65 Å². The molecular formula is C13H16N4O3S. The number of hydrogen-bond donors (Lipinski definition) is 2. The van der Waals surface area contributed by atoms with Gasteiger partial charge in [-0.05, 0) is 13.0 Å². The molecule has 0 saturated carbocycles. The Morgan fingerprint density at radius 3 is 2.86 bits per heavy atom. The second kappa shape index (κ2) is 5.57. The smallest absolute Gasteiger partial charge is 0.250 e. The van der Waals surface area contributed by atoms with Crippen LogP contribution in [0, 0.1) is 0 Å². The number of rotatable bonds is 6. The van der Waals surface area contributed by atoms with Gasteiger partial charge in [-0.1, -0.05) is 6.08 Å². The normalized spacial score (nSPS) is 11.5. The molecule has 0 aliphatic heterocycles. The number of aromatic nitrogens is 2. The third-order valence-electron chi connectivity index (χ3n) is 2.96. The van der Waals surface area contributed by atoms with Crippen LogP contribution in [0.1, 0.15) is 17.3 Å². The Kier molecular flexibility index (Phi) is 3.99. The summed E-state index contributed by atoms with van der Waals surface area (Å²) in [6.45, 7) is 5.64. The summed E-state index contributed by atoms with van der Waals surface area (Å²) in [6.07, 6.45) is 4.65. The average Bonchev–Trinajstić information content (AvgIpc) is 2.77. The lowest BCUT2D eigenvalue weighted by molar-refractivity contribution is 0.100. The third kappa shape index (κ3) is 3.05. The van der Waals surface area contributed by atoms with Gasteiger partial charge < -0.3 is 10.3 Å². The van der Waals surface area contributed by atoms with E-state index in [1.165, 1.54) is 13.1 Å². The van der Waals surface area contributed by atoms with Gasteiger partial charge in [0.05, 0.1) is 23.2 Å². The van der Waals surface area contributed by atoms with Crippen molar-refractivity contribution in [3.05, 3.63) is 36.7 Å². The van der Waals surface area contributed by atoms with Gasteiger partial charge in [0.25, 0.3) is 5.91 Å². The lowest BCUT2D eigenvalue weighted by Crippen LogP contribution is -2.15. The Bertz CT molecular complexity index is 808. The van der Waals surface area contributed by atoms with Crippen LogP contribution in [0.5, 0.6) is 0 Å². The van der Waals surface area contributed by atoms with E-state index in [2.05, 4.69) is 16.3 Å². The van der Waals surface area contributed by atoms with E-state index in [0.717, 1.165) is 0 Å². The lowest BCUT2D eigenvalue weighted by Gasteiger charge is -2.06. The maximum Gasteiger partial charge on any atom is 0.250 e. The molecule has 0 aliphatic rings. The number of nitrogens with two attached hydrogens (primary N) is 1. The molecule has 0 spiro atoms. The van der Waals surface area contributed by atoms with E-state index in [4.69, 9.17) is 5.73 Å². The van der Waals surface area contributed by atoms with E-state index in [9.17, 15) is 13.2 Å². The Morgan fingerprint density at radius 2 is 2.29 bits per heavy atom. The number of hydrogen-bond acceptors (Lipinski definition) is 4. The van der Waals surface area contributed by atoms with E-state index >= 15 is 0 Å². The molecule has 1 amide bonds. The number of allylic oxidation sites excluding steroid dienone is 1. The fraction of sp³-hybridized carbons (Fsp3) is 0.231. The minimum absolute atomic E-state index is 0.0504. The standard InChI is InChI=1S/C13H16N4O3S/c1-3-5-17-8-11(12(14)18)10-6-9(7-15-13(10)17)16-21(19,20)4-2/h3,6-8,16H,1,4-5H2,2H3,(H2,14,18). The van der Waals surface area contributed by atoms with Gasteiger partial charge in [0.15, 0.2) is 0 Å². The Balaban J connectivity index is 2.58. The van der Waals surface area contributed by atoms with Gasteiger partial charge in [-0.15, -0.1) is 6.58 Å². The van der Waals surface area contributed by atoms with Gasteiger partial charge in [-0.3, -0.25) is 9.52 Å². The van der Waals surface area contributed by atoms with Crippen molar-refractivity contribution in [3.63, 3.8) is 0 Å². The van der Waals surface area contributed by atoms with Crippen LogP contribution in [0.4, 0.5) is 5.69 Å². The van der Waals surface area contributed by atoms with Gasteiger partial charge in [0.2, 0.25) is 10.0 Å². The molecule has 8 heteroatoms. The Morgan fingerprint density at radius 1 is 1.57 bits per heavy atom. The van der Waals surface area contributed by atoms with Crippen LogP contribution < -0.4 is 10.5 Å². The first-order valence-electron chi connectivity index (χ1n) is 6.28. The predicted molar refractivity (Wildman–Crippen MR) is 81.5 cm³/mol. The first-order chi connectivity index (χ1) is 9.88. The molecule has 0 saturated heterocycles. The fourth-order valence-corrected chi connectivity index (χ4v) is 2.57. The van der Waals surface area contributed by atoms with Crippen LogP contribution in [0.2, 0.25) is 0 Å². The topological polar surface area (TPSA) is 107 Å². The maximum atomic E-state index is 11.6. The second-order valence-electron chi connectivity index (χ2n) is 4.45. The van der Waals surface area contributed by atoms with Crippen molar-refractivity contribution in [2.24, 2.45) is 5.73 Å². The number of amides is 1. The summed E-state index contributed by atoms with van der Waals surface area (Å²) < 4.78 is 27.3. The number of nitrogens with one attached hydrogen (secondary N) is 1. The zero-order valence-electron chi connectivity index (χ0n) is 11.5. The van der Waals surface area contributed by atoms with Crippen LogP contribution in [0.3, 0.4) is 0 Å². The Labute approximate surface area is 122 Å². The molecule has 3 N–H and O–H groups in total. The molecule has 0 atom stereocenters. The van der Waals surface area contributed by atoms with E-state index < -0.39 is 15.9 Å². The summed E-state index contributed by atoms with van der Waals surface area (Å²) in [5.74, 6) is -0.648. The summed E-state index contributed by atoms with van der Waals surface area (Å²) >= 11 is 0. The molecule has 2 rings (SSSR count). The summed E-state index contributed by atoms with van der Waals surface area (Å²) in [7, 11) is -3.41. The highest BCUT2D eigenvalue weighted by atomic mass is 32.2. The number of primary amides is 1. The van der Waals surface area contributed by atoms with E-state index in [0.29, 0.717) is 23.3 Å². The highest BCUT2D eigenvalue weighted by Gasteiger charge is 2.15. The molecule has 0 aliphatic carbocycles. The van der Waals surface area contributed by atoms with Crippen molar-refractivity contribution in [1.29, 1.82) is 0 Å². The second-order valence-corrected chi connectivity index (χ2v) is 6.46. The summed E-state index contributed by atoms with van der Waals surface area (Å²) in [6, 6.07) is 1.55. The molecule has 21 heavy (non-hydrogen) atoms. The zero-order chi connectivity index (χ0) is 15.6. The summed E-state index contributed by atoms with van der Waals surface area (Å²) in [5.41, 5.74) is 6.48. The van der Waals surface area contributed by atoms with Crippen molar-refractivity contribution in [2.75, 3.05) is 10.5 Å². The quantitative estimate of drug-likeness (QED) is 0.779. The molecule has 112 valence electrons. The maximum absolute atomic E-state index is 11.6. The average molecular weight is 308 g/mol. The number of anilines is 1.